The Hall–Kier alpha value is -1.58. The van der Waals surface area contributed by atoms with E-state index in [0.29, 0.717) is 0 Å². The Kier molecular flexibility index (Phi) is 2.63. The van der Waals surface area contributed by atoms with Gasteiger partial charge in [0.1, 0.15) is 18.7 Å². The fourth-order valence-electron chi connectivity index (χ4n) is 0.738. The number of hydrogen-bond acceptors (Lipinski definition) is 3. The quantitative estimate of drug-likeness (QED) is 0.538. The van der Waals surface area contributed by atoms with E-state index in [1.54, 1.807) is 0 Å². The number of phenols is 1. The van der Waals surface area contributed by atoms with Crippen LogP contribution >= 0.6 is 0 Å². The minimum atomic E-state index is -0.426. The van der Waals surface area contributed by atoms with Crippen molar-refractivity contribution in [3.05, 3.63) is 29.6 Å². The van der Waals surface area contributed by atoms with E-state index in [2.05, 4.69) is 9.99 Å². The second-order valence-electron chi connectivity index (χ2n) is 2.12. The summed E-state index contributed by atoms with van der Waals surface area (Å²) < 4.78 is 12.6. The molecule has 0 saturated heterocycles. The van der Waals surface area contributed by atoms with Crippen molar-refractivity contribution in [3.8, 4) is 5.75 Å². The van der Waals surface area contributed by atoms with Gasteiger partial charge in [0.15, 0.2) is 0 Å². The molecule has 0 radical (unpaired) electrons. The lowest BCUT2D eigenvalue weighted by molar-refractivity contribution is 0.215. The summed E-state index contributed by atoms with van der Waals surface area (Å²) in [5.41, 5.74) is 0.289. The summed E-state index contributed by atoms with van der Waals surface area (Å²) in [5.74, 6) is -0.456. The first kappa shape index (κ1) is 8.52. The van der Waals surface area contributed by atoms with Crippen LogP contribution in [0.5, 0.6) is 5.75 Å². The Morgan fingerprint density at radius 1 is 1.58 bits per heavy atom. The molecule has 64 valence electrons. The SMILES string of the molecule is CON=Cc1cc(F)ccc1O. The third-order valence-electron chi connectivity index (χ3n) is 1.29. The van der Waals surface area contributed by atoms with Gasteiger partial charge in [0, 0.05) is 5.56 Å². The van der Waals surface area contributed by atoms with E-state index in [-0.39, 0.29) is 11.3 Å². The van der Waals surface area contributed by atoms with Gasteiger partial charge in [-0.1, -0.05) is 5.16 Å². The molecule has 1 aromatic carbocycles. The molecule has 0 amide bonds. The number of benzene rings is 1. The predicted octanol–water partition coefficient (Wildman–Crippen LogP) is 1.51. The van der Waals surface area contributed by atoms with Gasteiger partial charge in [-0.15, -0.1) is 0 Å². The van der Waals surface area contributed by atoms with Crippen LogP contribution < -0.4 is 0 Å². The minimum absolute atomic E-state index is 0.0304. The standard InChI is InChI=1S/C8H8FNO2/c1-12-10-5-6-4-7(9)2-3-8(6)11/h2-5,11H,1H3. The first-order chi connectivity index (χ1) is 5.74. The molecule has 3 nitrogen and oxygen atoms in total. The van der Waals surface area contributed by atoms with Crippen LogP contribution in [-0.2, 0) is 4.84 Å². The maximum absolute atomic E-state index is 12.6. The lowest BCUT2D eigenvalue weighted by atomic mass is 10.2. The second-order valence-corrected chi connectivity index (χ2v) is 2.12. The van der Waals surface area contributed by atoms with E-state index in [9.17, 15) is 4.39 Å². The van der Waals surface area contributed by atoms with Gasteiger partial charge in [-0.05, 0) is 18.2 Å². The number of aromatic hydroxyl groups is 1. The molecule has 0 aliphatic rings. The first-order valence-corrected chi connectivity index (χ1v) is 3.29. The summed E-state index contributed by atoms with van der Waals surface area (Å²) in [7, 11) is 1.37. The van der Waals surface area contributed by atoms with E-state index < -0.39 is 5.82 Å². The largest absolute Gasteiger partial charge is 0.507 e. The Morgan fingerprint density at radius 3 is 3.00 bits per heavy atom. The lowest BCUT2D eigenvalue weighted by Gasteiger charge is -1.96. The summed E-state index contributed by atoms with van der Waals surface area (Å²) in [6.07, 6.45) is 1.23. The molecule has 0 fully saturated rings. The van der Waals surface area contributed by atoms with Gasteiger partial charge in [0.25, 0.3) is 0 Å². The van der Waals surface area contributed by atoms with Crippen molar-refractivity contribution < 1.29 is 14.3 Å². The molecule has 1 N–H and O–H groups in total. The lowest BCUT2D eigenvalue weighted by Crippen LogP contribution is -1.85. The molecule has 0 aliphatic heterocycles. The van der Waals surface area contributed by atoms with Crippen LogP contribution in [0.15, 0.2) is 23.4 Å². The molecule has 1 aromatic rings. The highest BCUT2D eigenvalue weighted by Gasteiger charge is 1.98. The van der Waals surface area contributed by atoms with Gasteiger partial charge in [-0.2, -0.15) is 0 Å². The van der Waals surface area contributed by atoms with Gasteiger partial charge in [-0.3, -0.25) is 0 Å². The first-order valence-electron chi connectivity index (χ1n) is 3.29. The second kappa shape index (κ2) is 3.71. The molecule has 0 bridgehead atoms. The third kappa shape index (κ3) is 1.95. The molecule has 4 heteroatoms. The van der Waals surface area contributed by atoms with Crippen molar-refractivity contribution in [2.45, 2.75) is 0 Å². The van der Waals surface area contributed by atoms with Crippen LogP contribution in [0.1, 0.15) is 5.56 Å². The Labute approximate surface area is 69.1 Å². The molecular weight excluding hydrogens is 161 g/mol. The van der Waals surface area contributed by atoms with Crippen molar-refractivity contribution in [1.29, 1.82) is 0 Å². The van der Waals surface area contributed by atoms with E-state index >= 15 is 0 Å². The molecular formula is C8H8FNO2. The average molecular weight is 169 g/mol. The molecule has 12 heavy (non-hydrogen) atoms. The maximum atomic E-state index is 12.6. The van der Waals surface area contributed by atoms with Crippen molar-refractivity contribution >= 4 is 6.21 Å². The molecule has 0 aromatic heterocycles. The fourth-order valence-corrected chi connectivity index (χ4v) is 0.738. The Morgan fingerprint density at radius 2 is 2.33 bits per heavy atom. The van der Waals surface area contributed by atoms with Crippen molar-refractivity contribution in [2.75, 3.05) is 7.11 Å². The predicted molar refractivity (Wildman–Crippen MR) is 42.7 cm³/mol. The van der Waals surface area contributed by atoms with Crippen LogP contribution in [0.4, 0.5) is 4.39 Å². The topological polar surface area (TPSA) is 41.8 Å². The zero-order chi connectivity index (χ0) is 8.97. The highest BCUT2D eigenvalue weighted by atomic mass is 19.1. The monoisotopic (exact) mass is 169 g/mol. The molecule has 0 aliphatic carbocycles. The molecule has 0 heterocycles. The number of phenolic OH excluding ortho intramolecular Hbond substituents is 1. The Bertz CT molecular complexity index is 299. The zero-order valence-electron chi connectivity index (χ0n) is 6.49. The number of nitrogens with zero attached hydrogens (tertiary/aromatic N) is 1. The molecule has 1 rings (SSSR count). The van der Waals surface area contributed by atoms with E-state index in [4.69, 9.17) is 5.11 Å². The van der Waals surface area contributed by atoms with E-state index in [1.807, 2.05) is 0 Å². The normalized spacial score (nSPS) is 10.5. The van der Waals surface area contributed by atoms with Crippen LogP contribution in [0.25, 0.3) is 0 Å². The number of hydrogen-bond donors (Lipinski definition) is 1. The number of halogens is 1. The number of rotatable bonds is 2. The van der Waals surface area contributed by atoms with Crippen molar-refractivity contribution in [2.24, 2.45) is 5.16 Å². The van der Waals surface area contributed by atoms with Crippen LogP contribution in [0.3, 0.4) is 0 Å². The molecule has 0 atom stereocenters. The van der Waals surface area contributed by atoms with E-state index in [0.717, 1.165) is 6.07 Å². The number of oxime groups is 1. The Balaban J connectivity index is 2.97. The maximum Gasteiger partial charge on any atom is 0.124 e. The summed E-state index contributed by atoms with van der Waals surface area (Å²) in [5, 5.41) is 12.5. The van der Waals surface area contributed by atoms with E-state index in [1.165, 1.54) is 25.5 Å². The smallest absolute Gasteiger partial charge is 0.124 e. The molecule has 0 saturated carbocycles. The molecule has 0 unspecified atom stereocenters. The molecule has 0 spiro atoms. The van der Waals surface area contributed by atoms with Crippen LogP contribution in [0.2, 0.25) is 0 Å². The van der Waals surface area contributed by atoms with Crippen molar-refractivity contribution in [1.82, 2.24) is 0 Å². The van der Waals surface area contributed by atoms with Gasteiger partial charge in [0.05, 0.1) is 6.21 Å². The summed E-state index contributed by atoms with van der Waals surface area (Å²) in [4.78, 5) is 4.38. The summed E-state index contributed by atoms with van der Waals surface area (Å²) >= 11 is 0. The van der Waals surface area contributed by atoms with Gasteiger partial charge in [0.2, 0.25) is 0 Å². The van der Waals surface area contributed by atoms with Crippen molar-refractivity contribution in [3.63, 3.8) is 0 Å². The van der Waals surface area contributed by atoms with Gasteiger partial charge < -0.3 is 9.94 Å². The van der Waals surface area contributed by atoms with Gasteiger partial charge >= 0.3 is 0 Å². The zero-order valence-corrected chi connectivity index (χ0v) is 6.49. The third-order valence-corrected chi connectivity index (χ3v) is 1.29. The highest BCUT2D eigenvalue weighted by Crippen LogP contribution is 2.15. The van der Waals surface area contributed by atoms with Gasteiger partial charge in [-0.25, -0.2) is 4.39 Å². The summed E-state index contributed by atoms with van der Waals surface area (Å²) in [6, 6.07) is 3.59. The van der Waals surface area contributed by atoms with Crippen LogP contribution in [0, 0.1) is 5.82 Å². The summed E-state index contributed by atoms with van der Waals surface area (Å²) in [6.45, 7) is 0. The van der Waals surface area contributed by atoms with Crippen LogP contribution in [-0.4, -0.2) is 18.4 Å². The fraction of sp³-hybridized carbons (Fsp3) is 0.125. The minimum Gasteiger partial charge on any atom is -0.507 e. The highest BCUT2D eigenvalue weighted by molar-refractivity contribution is 5.82. The average Bonchev–Trinajstić information content (AvgIpc) is 2.07.